The monoisotopic (exact) mass is 804 g/mol. The fraction of sp³-hybridized carbons (Fsp3) is 0.816. The molecule has 16 nitrogen and oxygen atoms in total. The Kier molecular flexibility index (Phi) is 31.2. The fourth-order valence-corrected chi connectivity index (χ4v) is 5.85. The number of carbonyl (C=O) groups excluding carboxylic acids is 5. The van der Waals surface area contributed by atoms with Crippen LogP contribution in [0, 0.1) is 17.8 Å². The van der Waals surface area contributed by atoms with Crippen molar-refractivity contribution < 1.29 is 43.8 Å². The molecular weight excluding hydrogens is 731 g/mol. The number of likely N-dealkylation sites (N-methyl/N-ethyl adjacent to an activating group) is 1. The van der Waals surface area contributed by atoms with Crippen LogP contribution >= 0.6 is 11.8 Å². The lowest BCUT2D eigenvalue weighted by molar-refractivity contribution is -0.142. The van der Waals surface area contributed by atoms with Crippen molar-refractivity contribution in [2.75, 3.05) is 25.6 Å². The van der Waals surface area contributed by atoms with Crippen molar-refractivity contribution in [1.82, 2.24) is 26.6 Å². The molecule has 0 radical (unpaired) electrons. The molecular formula is C38H73N7O9S. The second kappa shape index (κ2) is 31.9. The van der Waals surface area contributed by atoms with E-state index in [1.54, 1.807) is 7.05 Å². The van der Waals surface area contributed by atoms with Gasteiger partial charge in [-0.3, -0.25) is 24.0 Å². The fourth-order valence-electron chi connectivity index (χ4n) is 5.38. The van der Waals surface area contributed by atoms with Crippen LogP contribution in [0.1, 0.15) is 119 Å². The van der Waals surface area contributed by atoms with Gasteiger partial charge in [-0.05, 0) is 81.9 Å². The highest BCUT2D eigenvalue weighted by molar-refractivity contribution is 7.98. The van der Waals surface area contributed by atoms with Crippen LogP contribution in [0.2, 0.25) is 0 Å². The van der Waals surface area contributed by atoms with Crippen LogP contribution < -0.4 is 38.1 Å². The number of hydrogen-bond acceptors (Lipinski definition) is 11. The van der Waals surface area contributed by atoms with Gasteiger partial charge < -0.3 is 53.1 Å². The van der Waals surface area contributed by atoms with Gasteiger partial charge in [-0.2, -0.15) is 11.8 Å². The van der Waals surface area contributed by atoms with Gasteiger partial charge in [-0.15, -0.1) is 0 Å². The van der Waals surface area contributed by atoms with Crippen LogP contribution in [0.25, 0.3) is 0 Å². The molecule has 7 unspecified atom stereocenters. The molecule has 55 heavy (non-hydrogen) atoms. The predicted molar refractivity (Wildman–Crippen MR) is 217 cm³/mol. The molecule has 0 aliphatic rings. The van der Waals surface area contributed by atoms with Crippen LogP contribution in [0.5, 0.6) is 0 Å². The lowest BCUT2D eigenvalue weighted by Crippen LogP contribution is -2.55. The summed E-state index contributed by atoms with van der Waals surface area (Å²) in [6.45, 7) is 12.5. The number of aldehydes is 1. The largest absolute Gasteiger partial charge is 0.481 e. The van der Waals surface area contributed by atoms with E-state index in [-0.39, 0.29) is 30.6 Å². The Morgan fingerprint density at radius 2 is 1.29 bits per heavy atom. The summed E-state index contributed by atoms with van der Waals surface area (Å²) < 4.78 is 0. The Morgan fingerprint density at radius 3 is 1.78 bits per heavy atom. The standard InChI is InChI=1S/C20H37N3O5.C18H36N4O4S/c1-5-14(4)18(23-19(27)16(21)10-11-17(25)26)20(28)22-15(12-24)9-7-6-8-13(2)3;1-12(2)11-15(17(24)21-14(18(25)26)8-10-27-4)22-16(23)13(20-3)7-5-6-9-19/h12-16,18H,5-11,21H2,1-4H3,(H,22,28)(H,23,27)(H,25,26);12-15,20H,5-11,19H2,1-4H3,(H,21,24)(H,22,23)(H,25,26). The molecule has 0 aromatic heterocycles. The van der Waals surface area contributed by atoms with Crippen LogP contribution in [-0.4, -0.2) is 114 Å². The van der Waals surface area contributed by atoms with Gasteiger partial charge in [-0.1, -0.05) is 73.6 Å². The van der Waals surface area contributed by atoms with Gasteiger partial charge in [0.2, 0.25) is 23.6 Å². The minimum Gasteiger partial charge on any atom is -0.481 e. The average Bonchev–Trinajstić information content (AvgIpc) is 3.13. The van der Waals surface area contributed by atoms with E-state index in [0.29, 0.717) is 50.3 Å². The summed E-state index contributed by atoms with van der Waals surface area (Å²) in [7, 11) is 1.70. The van der Waals surface area contributed by atoms with E-state index in [4.69, 9.17) is 16.6 Å². The molecule has 0 bridgehead atoms. The van der Waals surface area contributed by atoms with Crippen molar-refractivity contribution in [2.45, 2.75) is 155 Å². The number of rotatable bonds is 30. The van der Waals surface area contributed by atoms with E-state index in [0.717, 1.165) is 38.4 Å². The van der Waals surface area contributed by atoms with Crippen molar-refractivity contribution in [1.29, 1.82) is 0 Å². The van der Waals surface area contributed by atoms with Crippen LogP contribution in [0.3, 0.4) is 0 Å². The van der Waals surface area contributed by atoms with Gasteiger partial charge in [-0.25, -0.2) is 4.79 Å². The minimum atomic E-state index is -1.07. The van der Waals surface area contributed by atoms with E-state index in [1.807, 2.05) is 34.0 Å². The number of unbranched alkanes of at least 4 members (excludes halogenated alkanes) is 2. The first-order valence-electron chi connectivity index (χ1n) is 19.6. The number of nitrogens with one attached hydrogen (secondary N) is 5. The number of aliphatic carboxylic acids is 2. The second-order valence-corrected chi connectivity index (χ2v) is 15.8. The molecule has 7 atom stereocenters. The molecule has 0 rings (SSSR count). The van der Waals surface area contributed by atoms with Crippen molar-refractivity contribution in [3.05, 3.63) is 0 Å². The highest BCUT2D eigenvalue weighted by Gasteiger charge is 2.30. The van der Waals surface area contributed by atoms with Crippen LogP contribution in [0.4, 0.5) is 0 Å². The van der Waals surface area contributed by atoms with E-state index >= 15 is 0 Å². The maximum atomic E-state index is 12.7. The predicted octanol–water partition coefficient (Wildman–Crippen LogP) is 2.17. The third-order valence-corrected chi connectivity index (χ3v) is 9.66. The first-order valence-corrected chi connectivity index (χ1v) is 21.0. The molecule has 0 aliphatic heterocycles. The third kappa shape index (κ3) is 26.3. The first kappa shape index (κ1) is 53.8. The molecule has 0 aromatic rings. The number of hydrogen-bond donors (Lipinski definition) is 9. The van der Waals surface area contributed by atoms with E-state index in [2.05, 4.69) is 40.4 Å². The van der Waals surface area contributed by atoms with Gasteiger partial charge in [0.15, 0.2) is 0 Å². The van der Waals surface area contributed by atoms with Crippen LogP contribution in [0.15, 0.2) is 0 Å². The molecule has 0 saturated carbocycles. The third-order valence-electron chi connectivity index (χ3n) is 9.01. The van der Waals surface area contributed by atoms with Crippen molar-refractivity contribution in [3.63, 3.8) is 0 Å². The Bertz CT molecular complexity index is 1150. The molecule has 0 fully saturated rings. The highest BCUT2D eigenvalue weighted by Crippen LogP contribution is 2.13. The van der Waals surface area contributed by atoms with Crippen molar-refractivity contribution in [3.8, 4) is 0 Å². The molecule has 0 heterocycles. The first-order chi connectivity index (χ1) is 25.9. The molecule has 0 saturated heterocycles. The maximum absolute atomic E-state index is 12.7. The summed E-state index contributed by atoms with van der Waals surface area (Å²) >= 11 is 1.52. The summed E-state index contributed by atoms with van der Waals surface area (Å²) in [5.41, 5.74) is 11.2. The number of carboxylic acid groups (broad SMARTS) is 2. The zero-order valence-corrected chi connectivity index (χ0v) is 35.3. The highest BCUT2D eigenvalue weighted by atomic mass is 32.2. The Balaban J connectivity index is 0. The zero-order valence-electron chi connectivity index (χ0n) is 34.5. The molecule has 11 N–H and O–H groups in total. The molecule has 0 spiro atoms. The lowest BCUT2D eigenvalue weighted by atomic mass is 9.96. The quantitative estimate of drug-likeness (QED) is 0.0373. The summed E-state index contributed by atoms with van der Waals surface area (Å²) in [4.78, 5) is 83.4. The van der Waals surface area contributed by atoms with Gasteiger partial charge in [0, 0.05) is 6.42 Å². The lowest BCUT2D eigenvalue weighted by Gasteiger charge is -2.26. The molecule has 0 aliphatic carbocycles. The number of carbonyl (C=O) groups is 7. The Labute approximate surface area is 333 Å². The zero-order chi connectivity index (χ0) is 42.5. The number of thioether (sulfide) groups is 1. The normalized spacial score (nSPS) is 14.9. The minimum absolute atomic E-state index is 0.0111. The number of amides is 4. The summed E-state index contributed by atoms with van der Waals surface area (Å²) in [5.74, 6) is -2.58. The summed E-state index contributed by atoms with van der Waals surface area (Å²) in [5, 5.41) is 31.7. The molecule has 17 heteroatoms. The average molecular weight is 804 g/mol. The van der Waals surface area contributed by atoms with E-state index < -0.39 is 65.9 Å². The van der Waals surface area contributed by atoms with Crippen molar-refractivity contribution >= 4 is 53.6 Å². The smallest absolute Gasteiger partial charge is 0.326 e. The second-order valence-electron chi connectivity index (χ2n) is 14.8. The maximum Gasteiger partial charge on any atom is 0.326 e. The molecule has 320 valence electrons. The summed E-state index contributed by atoms with van der Waals surface area (Å²) in [6.07, 6.45) is 9.50. The molecule has 0 aromatic carbocycles. The van der Waals surface area contributed by atoms with Gasteiger partial charge in [0.05, 0.1) is 18.1 Å². The topological polar surface area (TPSA) is 272 Å². The van der Waals surface area contributed by atoms with Gasteiger partial charge in [0.25, 0.3) is 0 Å². The molecule has 4 amide bonds. The van der Waals surface area contributed by atoms with E-state index in [1.165, 1.54) is 11.8 Å². The van der Waals surface area contributed by atoms with Crippen molar-refractivity contribution in [2.24, 2.45) is 29.2 Å². The SMILES string of the molecule is CCC(C)C(NC(=O)C(N)CCC(=O)O)C(=O)NC(C=O)CCCCC(C)C.CNC(CCCCN)C(=O)NC(CC(C)C)C(=O)NC(CCSC)C(=O)O. The number of nitrogens with two attached hydrogens (primary N) is 2. The Morgan fingerprint density at radius 1 is 0.709 bits per heavy atom. The van der Waals surface area contributed by atoms with Gasteiger partial charge in [0.1, 0.15) is 24.4 Å². The van der Waals surface area contributed by atoms with Gasteiger partial charge >= 0.3 is 11.9 Å². The Hall–Kier alpha value is -3.28. The van der Waals surface area contributed by atoms with E-state index in [9.17, 15) is 38.7 Å². The summed E-state index contributed by atoms with van der Waals surface area (Å²) in [6, 6.07) is -4.56. The van der Waals surface area contributed by atoms with Crippen LogP contribution in [-0.2, 0) is 33.6 Å². The number of carboxylic acids is 2.